The minimum Gasteiger partial charge on any atom is -0.462 e. The number of rotatable bonds is 2. The van der Waals surface area contributed by atoms with E-state index in [4.69, 9.17) is 27.6 Å². The second-order valence-corrected chi connectivity index (χ2v) is 10.2. The van der Waals surface area contributed by atoms with Crippen molar-refractivity contribution in [2.75, 3.05) is 10.6 Å². The fourth-order valence-electron chi connectivity index (χ4n) is 5.18. The lowest BCUT2D eigenvalue weighted by molar-refractivity contribution is -0.116. The van der Waals surface area contributed by atoms with Gasteiger partial charge in [0.25, 0.3) is 0 Å². The predicted octanol–water partition coefficient (Wildman–Crippen LogP) is 7.39. The Labute approximate surface area is 217 Å². The number of allylic oxidation sites excluding steroid dienone is 1. The van der Waals surface area contributed by atoms with Crippen molar-refractivity contribution in [2.24, 2.45) is 0 Å². The van der Waals surface area contributed by atoms with Crippen molar-refractivity contribution < 1.29 is 9.21 Å². The molecule has 0 unspecified atom stereocenters. The predicted molar refractivity (Wildman–Crippen MR) is 144 cm³/mol. The molecule has 1 aliphatic heterocycles. The molecule has 0 saturated heterocycles. The van der Waals surface area contributed by atoms with Crippen LogP contribution >= 0.6 is 23.2 Å². The SMILES string of the molecule is Cc1ccc([C@@H]2CC(=O)C3=C(C2)Nc2ccccc2N[C@H]3c2coc3c(Cl)cc(Cl)cc3c2=O)cc1. The zero-order valence-electron chi connectivity index (χ0n) is 19.4. The maximum atomic E-state index is 13.7. The van der Waals surface area contributed by atoms with Gasteiger partial charge in [0.1, 0.15) is 6.26 Å². The first-order chi connectivity index (χ1) is 17.4. The van der Waals surface area contributed by atoms with Gasteiger partial charge in [0.05, 0.1) is 33.4 Å². The van der Waals surface area contributed by atoms with Crippen molar-refractivity contribution in [3.05, 3.63) is 115 Å². The lowest BCUT2D eigenvalue weighted by Crippen LogP contribution is -2.29. The second-order valence-electron chi connectivity index (χ2n) is 9.36. The maximum absolute atomic E-state index is 13.7. The minimum atomic E-state index is -0.693. The molecule has 2 N–H and O–H groups in total. The molecule has 36 heavy (non-hydrogen) atoms. The molecule has 1 aromatic heterocycles. The van der Waals surface area contributed by atoms with Crippen LogP contribution in [0.3, 0.4) is 0 Å². The largest absolute Gasteiger partial charge is 0.462 e. The number of anilines is 2. The third kappa shape index (κ3) is 3.89. The van der Waals surface area contributed by atoms with Gasteiger partial charge in [0.2, 0.25) is 0 Å². The van der Waals surface area contributed by atoms with Gasteiger partial charge < -0.3 is 15.1 Å². The van der Waals surface area contributed by atoms with Gasteiger partial charge in [-0.3, -0.25) is 9.59 Å². The summed E-state index contributed by atoms with van der Waals surface area (Å²) in [4.78, 5) is 27.4. The van der Waals surface area contributed by atoms with Gasteiger partial charge >= 0.3 is 0 Å². The van der Waals surface area contributed by atoms with Crippen LogP contribution < -0.4 is 16.1 Å². The van der Waals surface area contributed by atoms with Crippen molar-refractivity contribution in [1.29, 1.82) is 0 Å². The first-order valence-electron chi connectivity index (χ1n) is 11.7. The molecule has 0 radical (unpaired) electrons. The Morgan fingerprint density at radius 2 is 1.69 bits per heavy atom. The summed E-state index contributed by atoms with van der Waals surface area (Å²) in [5.74, 6) is 0.0316. The van der Waals surface area contributed by atoms with Crippen molar-refractivity contribution >= 4 is 51.3 Å². The van der Waals surface area contributed by atoms with E-state index in [0.29, 0.717) is 29.0 Å². The van der Waals surface area contributed by atoms with Crippen LogP contribution in [0.15, 0.2) is 87.4 Å². The van der Waals surface area contributed by atoms with Crippen molar-refractivity contribution in [1.82, 2.24) is 0 Å². The van der Waals surface area contributed by atoms with E-state index in [2.05, 4.69) is 34.9 Å². The van der Waals surface area contributed by atoms with Crippen LogP contribution in [0.25, 0.3) is 11.0 Å². The molecular formula is C29H22Cl2N2O3. The molecule has 3 aromatic carbocycles. The maximum Gasteiger partial charge on any atom is 0.198 e. The molecule has 6 rings (SSSR count). The van der Waals surface area contributed by atoms with Crippen LogP contribution in [0, 0.1) is 6.92 Å². The lowest BCUT2D eigenvalue weighted by atomic mass is 9.78. The molecule has 5 nitrogen and oxygen atoms in total. The monoisotopic (exact) mass is 516 g/mol. The molecule has 2 atom stereocenters. The van der Waals surface area contributed by atoms with Crippen molar-refractivity contribution in [3.8, 4) is 0 Å². The smallest absolute Gasteiger partial charge is 0.198 e. The average molecular weight is 517 g/mol. The molecule has 0 spiro atoms. The van der Waals surface area contributed by atoms with Crippen LogP contribution in [0.5, 0.6) is 0 Å². The zero-order chi connectivity index (χ0) is 25.0. The third-order valence-electron chi connectivity index (χ3n) is 6.99. The Hall–Kier alpha value is -3.54. The number of Topliss-reactive ketones (excluding diaryl/α,β-unsaturated/α-hetero) is 1. The zero-order valence-corrected chi connectivity index (χ0v) is 20.9. The number of ketones is 1. The van der Waals surface area contributed by atoms with Crippen LogP contribution in [0.1, 0.15) is 41.5 Å². The average Bonchev–Trinajstić information content (AvgIpc) is 3.02. The summed E-state index contributed by atoms with van der Waals surface area (Å²) in [7, 11) is 0. The molecule has 4 aromatic rings. The standard InChI is InChI=1S/C29H22Cl2N2O3/c1-15-6-8-16(9-7-15)17-10-24-26(25(34)11-17)27(33-23-5-3-2-4-22(23)32-24)20-14-36-29-19(28(20)35)12-18(30)13-21(29)31/h2-9,12-14,17,27,32-33H,10-11H2,1H3/t17-,27-/m0/s1. The summed E-state index contributed by atoms with van der Waals surface area (Å²) in [5, 5.41) is 7.81. The fraction of sp³-hybridized carbons (Fsp3) is 0.172. The Morgan fingerprint density at radius 1 is 0.944 bits per heavy atom. The lowest BCUT2D eigenvalue weighted by Gasteiger charge is -2.29. The van der Waals surface area contributed by atoms with Gasteiger partial charge in [-0.15, -0.1) is 0 Å². The number of carbonyl (C=O) groups is 1. The fourth-order valence-corrected chi connectivity index (χ4v) is 5.72. The summed E-state index contributed by atoms with van der Waals surface area (Å²) >= 11 is 12.5. The molecular weight excluding hydrogens is 495 g/mol. The van der Waals surface area contributed by atoms with E-state index in [1.54, 1.807) is 6.07 Å². The molecule has 2 heterocycles. The van der Waals surface area contributed by atoms with Crippen LogP contribution in [0.2, 0.25) is 10.0 Å². The third-order valence-corrected chi connectivity index (χ3v) is 7.49. The van der Waals surface area contributed by atoms with E-state index in [9.17, 15) is 9.59 Å². The number of aryl methyl sites for hydroxylation is 1. The molecule has 0 saturated carbocycles. The van der Waals surface area contributed by atoms with E-state index in [1.807, 2.05) is 31.2 Å². The van der Waals surface area contributed by atoms with Gasteiger partial charge in [0.15, 0.2) is 16.8 Å². The minimum absolute atomic E-state index is 0.0109. The number of carbonyl (C=O) groups excluding carboxylic acids is 1. The number of para-hydroxylation sites is 2. The number of halogens is 2. The first-order valence-corrected chi connectivity index (χ1v) is 12.5. The molecule has 7 heteroatoms. The van der Waals surface area contributed by atoms with E-state index < -0.39 is 6.04 Å². The summed E-state index contributed by atoms with van der Waals surface area (Å²) in [6, 6.07) is 18.4. The number of nitrogens with one attached hydrogen (secondary N) is 2. The summed E-state index contributed by atoms with van der Waals surface area (Å²) in [5.41, 5.74) is 5.62. The first kappa shape index (κ1) is 22.9. The molecule has 0 amide bonds. The topological polar surface area (TPSA) is 71.3 Å². The van der Waals surface area contributed by atoms with Crippen molar-refractivity contribution in [2.45, 2.75) is 31.7 Å². The number of fused-ring (bicyclic) bond motifs is 2. The van der Waals surface area contributed by atoms with Gasteiger partial charge in [0, 0.05) is 22.7 Å². The Balaban J connectivity index is 1.52. The Kier molecular flexibility index (Phi) is 5.62. The van der Waals surface area contributed by atoms with Gasteiger partial charge in [-0.05, 0) is 49.1 Å². The van der Waals surface area contributed by atoms with Gasteiger partial charge in [-0.25, -0.2) is 0 Å². The van der Waals surface area contributed by atoms with E-state index in [1.165, 1.54) is 17.9 Å². The highest BCUT2D eigenvalue weighted by atomic mass is 35.5. The van der Waals surface area contributed by atoms with Crippen molar-refractivity contribution in [3.63, 3.8) is 0 Å². The number of benzene rings is 3. The van der Waals surface area contributed by atoms with Gasteiger partial charge in [-0.2, -0.15) is 0 Å². The Bertz CT molecular complexity index is 1620. The molecule has 2 aliphatic rings. The van der Waals surface area contributed by atoms with E-state index in [0.717, 1.165) is 22.6 Å². The highest BCUT2D eigenvalue weighted by Crippen LogP contribution is 2.44. The van der Waals surface area contributed by atoms with E-state index in [-0.39, 0.29) is 33.1 Å². The summed E-state index contributed by atoms with van der Waals surface area (Å²) in [6.07, 6.45) is 2.40. The molecule has 0 fully saturated rings. The summed E-state index contributed by atoms with van der Waals surface area (Å²) < 4.78 is 5.82. The van der Waals surface area contributed by atoms with Crippen LogP contribution in [-0.4, -0.2) is 5.78 Å². The normalized spacial score (nSPS) is 19.2. The molecule has 0 bridgehead atoms. The summed E-state index contributed by atoms with van der Waals surface area (Å²) in [6.45, 7) is 2.05. The van der Waals surface area contributed by atoms with Crippen LogP contribution in [-0.2, 0) is 4.79 Å². The molecule has 180 valence electrons. The number of hydrogen-bond acceptors (Lipinski definition) is 5. The highest BCUT2D eigenvalue weighted by Gasteiger charge is 2.37. The van der Waals surface area contributed by atoms with Crippen LogP contribution in [0.4, 0.5) is 11.4 Å². The highest BCUT2D eigenvalue weighted by molar-refractivity contribution is 6.38. The quantitative estimate of drug-likeness (QED) is 0.290. The second kappa shape index (κ2) is 8.84. The van der Waals surface area contributed by atoms with Gasteiger partial charge in [-0.1, -0.05) is 65.2 Å². The number of hydrogen-bond donors (Lipinski definition) is 2. The molecule has 1 aliphatic carbocycles. The Morgan fingerprint density at radius 3 is 2.47 bits per heavy atom. The van der Waals surface area contributed by atoms with E-state index >= 15 is 0 Å².